The number of Topliss-reactive ketones (excluding diaryl/α,β-unsaturated/α-hetero) is 1. The summed E-state index contributed by atoms with van der Waals surface area (Å²) >= 11 is 0. The van der Waals surface area contributed by atoms with E-state index in [0.717, 1.165) is 17.3 Å². The van der Waals surface area contributed by atoms with Crippen molar-refractivity contribution in [2.45, 2.75) is 6.42 Å². The number of ether oxygens (including phenoxy) is 1. The number of carbonyl (C=O) groups excluding carboxylic acids is 2. The summed E-state index contributed by atoms with van der Waals surface area (Å²) in [5.41, 5.74) is 3.49. The topological polar surface area (TPSA) is 68.3 Å². The lowest BCUT2D eigenvalue weighted by atomic mass is 10.0. The van der Waals surface area contributed by atoms with Gasteiger partial charge in [-0.25, -0.2) is 4.39 Å². The van der Waals surface area contributed by atoms with Crippen molar-refractivity contribution in [3.05, 3.63) is 114 Å². The molecular weight excluding hydrogens is 419 g/mol. The van der Waals surface area contributed by atoms with E-state index in [1.54, 1.807) is 24.3 Å². The number of amides is 1. The maximum absolute atomic E-state index is 13.9. The van der Waals surface area contributed by atoms with Crippen molar-refractivity contribution in [1.82, 2.24) is 4.98 Å². The van der Waals surface area contributed by atoms with Crippen LogP contribution in [-0.4, -0.2) is 23.8 Å². The number of halogens is 1. The predicted molar refractivity (Wildman–Crippen MR) is 125 cm³/mol. The minimum Gasteiger partial charge on any atom is -0.496 e. The van der Waals surface area contributed by atoms with Gasteiger partial charge in [0.05, 0.1) is 18.9 Å². The molecule has 1 N–H and O–H groups in total. The molecule has 0 saturated carbocycles. The van der Waals surface area contributed by atoms with Crippen molar-refractivity contribution < 1.29 is 18.7 Å². The summed E-state index contributed by atoms with van der Waals surface area (Å²) < 4.78 is 19.2. The summed E-state index contributed by atoms with van der Waals surface area (Å²) in [6, 6.07) is 23.4. The third-order valence-corrected chi connectivity index (χ3v) is 5.22. The maximum Gasteiger partial charge on any atom is 0.255 e. The molecule has 4 rings (SSSR count). The molecule has 6 heteroatoms. The van der Waals surface area contributed by atoms with Crippen molar-refractivity contribution in [3.8, 4) is 16.9 Å². The van der Waals surface area contributed by atoms with Crippen LogP contribution in [0.15, 0.2) is 91.3 Å². The fourth-order valence-electron chi connectivity index (χ4n) is 3.47. The molecule has 5 nitrogen and oxygen atoms in total. The number of pyridine rings is 1. The maximum atomic E-state index is 13.9. The van der Waals surface area contributed by atoms with Crippen LogP contribution in [0.2, 0.25) is 0 Å². The van der Waals surface area contributed by atoms with Crippen molar-refractivity contribution in [2.24, 2.45) is 0 Å². The van der Waals surface area contributed by atoms with Crippen LogP contribution in [0.25, 0.3) is 11.1 Å². The number of aromatic nitrogens is 1. The third kappa shape index (κ3) is 5.13. The highest BCUT2D eigenvalue weighted by atomic mass is 19.1. The van der Waals surface area contributed by atoms with E-state index in [9.17, 15) is 14.0 Å². The van der Waals surface area contributed by atoms with Gasteiger partial charge in [0.1, 0.15) is 11.6 Å². The van der Waals surface area contributed by atoms with Crippen molar-refractivity contribution >= 4 is 17.4 Å². The Bertz CT molecular complexity index is 1290. The van der Waals surface area contributed by atoms with Crippen LogP contribution in [0.3, 0.4) is 0 Å². The van der Waals surface area contributed by atoms with Gasteiger partial charge < -0.3 is 10.1 Å². The van der Waals surface area contributed by atoms with Crippen LogP contribution in [0.1, 0.15) is 26.3 Å². The summed E-state index contributed by atoms with van der Waals surface area (Å²) in [4.78, 5) is 29.3. The van der Waals surface area contributed by atoms with Gasteiger partial charge in [-0.3, -0.25) is 14.6 Å². The average Bonchev–Trinajstić information content (AvgIpc) is 2.86. The monoisotopic (exact) mass is 440 g/mol. The molecule has 1 aromatic heterocycles. The molecule has 1 heterocycles. The Hall–Kier alpha value is -4.32. The van der Waals surface area contributed by atoms with E-state index in [1.165, 1.54) is 25.4 Å². The Morgan fingerprint density at radius 1 is 0.939 bits per heavy atom. The van der Waals surface area contributed by atoms with Crippen molar-refractivity contribution in [3.63, 3.8) is 0 Å². The van der Waals surface area contributed by atoms with Crippen LogP contribution >= 0.6 is 0 Å². The molecule has 4 aromatic rings. The number of carbonyl (C=O) groups is 2. The molecule has 1 amide bonds. The average molecular weight is 440 g/mol. The smallest absolute Gasteiger partial charge is 0.255 e. The van der Waals surface area contributed by atoms with E-state index in [0.29, 0.717) is 17.0 Å². The molecule has 0 aliphatic carbocycles. The first kappa shape index (κ1) is 21.9. The summed E-state index contributed by atoms with van der Waals surface area (Å²) in [6.45, 7) is 0. The number of hydrogen-bond acceptors (Lipinski definition) is 4. The molecule has 0 bridgehead atoms. The number of rotatable bonds is 7. The number of nitrogens with zero attached hydrogens (tertiary/aromatic N) is 1. The van der Waals surface area contributed by atoms with Gasteiger partial charge in [-0.1, -0.05) is 42.5 Å². The van der Waals surface area contributed by atoms with Crippen molar-refractivity contribution in [1.29, 1.82) is 0 Å². The molecular formula is C27H21FN2O3. The Kier molecular flexibility index (Phi) is 6.55. The van der Waals surface area contributed by atoms with Crippen LogP contribution in [0.4, 0.5) is 10.1 Å². The highest BCUT2D eigenvalue weighted by molar-refractivity contribution is 6.06. The first-order chi connectivity index (χ1) is 16.0. The zero-order chi connectivity index (χ0) is 23.2. The second kappa shape index (κ2) is 9.87. The molecule has 33 heavy (non-hydrogen) atoms. The van der Waals surface area contributed by atoms with E-state index in [-0.39, 0.29) is 29.2 Å². The van der Waals surface area contributed by atoms with Gasteiger partial charge in [-0.05, 0) is 53.1 Å². The Balaban J connectivity index is 1.52. The molecule has 0 aliphatic heterocycles. The normalized spacial score (nSPS) is 10.5. The molecule has 0 spiro atoms. The van der Waals surface area contributed by atoms with Crippen molar-refractivity contribution in [2.75, 3.05) is 12.4 Å². The minimum atomic E-state index is -0.548. The fraction of sp³-hybridized carbons (Fsp3) is 0.0741. The lowest BCUT2D eigenvalue weighted by molar-refractivity contribution is 0.0986. The number of hydrogen-bond donors (Lipinski definition) is 1. The highest BCUT2D eigenvalue weighted by Crippen LogP contribution is 2.26. The standard InChI is InChI=1S/C27H21FN2O3/c1-33-26-12-11-22(16-23(26)25(31)15-21-13-14-29-17-24(21)28)30-27(32)20-9-7-19(8-10-20)18-5-3-2-4-6-18/h2-14,16-17H,15H2,1H3,(H,30,32). The quantitative estimate of drug-likeness (QED) is 0.381. The lowest BCUT2D eigenvalue weighted by Crippen LogP contribution is -2.13. The Morgan fingerprint density at radius 2 is 1.67 bits per heavy atom. The molecule has 0 aliphatic rings. The largest absolute Gasteiger partial charge is 0.496 e. The molecule has 164 valence electrons. The zero-order valence-electron chi connectivity index (χ0n) is 17.9. The number of anilines is 1. The Labute approximate surface area is 190 Å². The van der Waals surface area contributed by atoms with Gasteiger partial charge in [0.15, 0.2) is 5.78 Å². The van der Waals surface area contributed by atoms with Crippen LogP contribution < -0.4 is 10.1 Å². The molecule has 0 atom stereocenters. The van der Waals surface area contributed by atoms with Gasteiger partial charge in [0.2, 0.25) is 0 Å². The molecule has 0 saturated heterocycles. The summed E-state index contributed by atoms with van der Waals surface area (Å²) in [5, 5.41) is 2.81. The Morgan fingerprint density at radius 3 is 2.36 bits per heavy atom. The number of benzene rings is 3. The molecule has 3 aromatic carbocycles. The van der Waals surface area contributed by atoms with Crippen LogP contribution in [0.5, 0.6) is 5.75 Å². The predicted octanol–water partition coefficient (Wildman–Crippen LogP) is 5.57. The third-order valence-electron chi connectivity index (χ3n) is 5.22. The lowest BCUT2D eigenvalue weighted by Gasteiger charge is -2.12. The van der Waals surface area contributed by atoms with Gasteiger partial charge in [-0.15, -0.1) is 0 Å². The van der Waals surface area contributed by atoms with Gasteiger partial charge in [0, 0.05) is 23.9 Å². The minimum absolute atomic E-state index is 0.150. The fourth-order valence-corrected chi connectivity index (χ4v) is 3.47. The molecule has 0 fully saturated rings. The summed E-state index contributed by atoms with van der Waals surface area (Å²) in [6.07, 6.45) is 2.35. The van der Waals surface area contributed by atoms with E-state index in [1.807, 2.05) is 42.5 Å². The van der Waals surface area contributed by atoms with Gasteiger partial charge >= 0.3 is 0 Å². The first-order valence-electron chi connectivity index (χ1n) is 10.3. The molecule has 0 radical (unpaired) electrons. The van der Waals surface area contributed by atoms with Crippen LogP contribution in [-0.2, 0) is 6.42 Å². The first-order valence-corrected chi connectivity index (χ1v) is 10.3. The summed E-state index contributed by atoms with van der Waals surface area (Å²) in [7, 11) is 1.45. The summed E-state index contributed by atoms with van der Waals surface area (Å²) in [5.74, 6) is -0.841. The van der Waals surface area contributed by atoms with E-state index in [4.69, 9.17) is 4.74 Å². The zero-order valence-corrected chi connectivity index (χ0v) is 17.9. The van der Waals surface area contributed by atoms with Crippen LogP contribution in [0, 0.1) is 5.82 Å². The second-order valence-corrected chi connectivity index (χ2v) is 7.38. The van der Waals surface area contributed by atoms with Gasteiger partial charge in [0.25, 0.3) is 5.91 Å². The van der Waals surface area contributed by atoms with E-state index < -0.39 is 5.82 Å². The van der Waals surface area contributed by atoms with Gasteiger partial charge in [-0.2, -0.15) is 0 Å². The number of nitrogens with one attached hydrogen (secondary N) is 1. The number of methoxy groups -OCH3 is 1. The van der Waals surface area contributed by atoms with E-state index >= 15 is 0 Å². The van der Waals surface area contributed by atoms with E-state index in [2.05, 4.69) is 10.3 Å². The molecule has 0 unspecified atom stereocenters. The second-order valence-electron chi connectivity index (χ2n) is 7.38. The highest BCUT2D eigenvalue weighted by Gasteiger charge is 2.17. The SMILES string of the molecule is COc1ccc(NC(=O)c2ccc(-c3ccccc3)cc2)cc1C(=O)Cc1ccncc1F. The number of ketones is 1.